The first kappa shape index (κ1) is 49.5. The summed E-state index contributed by atoms with van der Waals surface area (Å²) in [7, 11) is 0. The van der Waals surface area contributed by atoms with E-state index in [-0.39, 0.29) is 57.0 Å². The number of hydrogen-bond acceptors (Lipinski definition) is 12. The normalized spacial score (nSPS) is 5.54. The second-order valence-electron chi connectivity index (χ2n) is 1.43. The molecule has 24 nitrogen and oxygen atoms in total. The van der Waals surface area contributed by atoms with Crippen LogP contribution in [-0.2, 0) is 17.1 Å². The van der Waals surface area contributed by atoms with Crippen LogP contribution < -0.4 is 0 Å². The minimum Gasteiger partial charge on any atom is -0.328 e. The first-order valence-corrected chi connectivity index (χ1v) is 3.39. The van der Waals surface area contributed by atoms with E-state index in [1.807, 2.05) is 0 Å². The second kappa shape index (κ2) is 43.1. The fourth-order valence-electron chi connectivity index (χ4n) is 0. The second-order valence-corrected chi connectivity index (χ2v) is 1.43. The molecule has 0 unspecified atom stereocenters. The maximum Gasteiger partial charge on any atom is 0.291 e. The van der Waals surface area contributed by atoms with Crippen molar-refractivity contribution in [3.05, 3.63) is 60.7 Å². The van der Waals surface area contributed by atoms with Crippen LogP contribution in [0.4, 0.5) is 0 Å². The molecule has 0 spiro atoms. The Morgan fingerprint density at radius 2 is 0.385 bits per heavy atom. The predicted molar refractivity (Wildman–Crippen MR) is 52.7 cm³/mol. The summed E-state index contributed by atoms with van der Waals surface area (Å²) >= 11 is 0. The molecule has 0 aliphatic heterocycles. The van der Waals surface area contributed by atoms with Crippen molar-refractivity contribution in [1.82, 2.24) is 0 Å². The fourth-order valence-corrected chi connectivity index (χ4v) is 0. The van der Waals surface area contributed by atoms with Crippen molar-refractivity contribution in [3.63, 3.8) is 0 Å². The topological polar surface area (TPSA) is 380 Å². The summed E-state index contributed by atoms with van der Waals surface area (Å²) in [5, 5.41) is 81.8. The zero-order valence-electron chi connectivity index (χ0n) is 11.1. The van der Waals surface area contributed by atoms with Crippen LogP contribution in [0.3, 0.4) is 0 Å². The number of hydrogen-bond donors (Lipinski definition) is 6. The molecule has 1 radical (unpaired) electrons. The molecule has 6 N–H and O–H groups in total. The van der Waals surface area contributed by atoms with E-state index in [0.29, 0.717) is 0 Å². The SMILES string of the molecule is O=[N+]([O-])O.O=[N+]([O-])O.O=[N+]([O-])O.O=[N+]([O-])O.O=[N+]([O-])O.O=[N+]([O-])O.[Mn].[Th]. The molecule has 0 aliphatic rings. The zero-order chi connectivity index (χ0) is 21.5. The van der Waals surface area contributed by atoms with E-state index in [4.69, 9.17) is 91.9 Å². The monoisotopic (exact) mass is 665 g/mol. The Morgan fingerprint density at radius 1 is 0.385 bits per heavy atom. The van der Waals surface area contributed by atoms with Crippen LogP contribution in [0.5, 0.6) is 0 Å². The molecule has 0 bridgehead atoms. The van der Waals surface area contributed by atoms with Crippen LogP contribution in [0.25, 0.3) is 0 Å². The third kappa shape index (κ3) is 968. The molecular weight excluding hydrogens is 659 g/mol. The van der Waals surface area contributed by atoms with Crippen LogP contribution in [0.2, 0.25) is 0 Å². The van der Waals surface area contributed by atoms with Gasteiger partial charge in [-0.1, -0.05) is 0 Å². The van der Waals surface area contributed by atoms with Gasteiger partial charge in [0.2, 0.25) is 0 Å². The van der Waals surface area contributed by atoms with Crippen LogP contribution in [0, 0.1) is 101 Å². The Morgan fingerprint density at radius 3 is 0.385 bits per heavy atom. The molecule has 0 amide bonds. The van der Waals surface area contributed by atoms with Gasteiger partial charge in [-0.2, -0.15) is 0 Å². The van der Waals surface area contributed by atoms with Crippen molar-refractivity contribution < 1.29 is 119 Å². The average molecular weight is 665 g/mol. The Bertz CT molecular complexity index is 263. The van der Waals surface area contributed by atoms with E-state index < -0.39 is 30.5 Å². The molecule has 0 saturated heterocycles. The van der Waals surface area contributed by atoms with E-state index >= 15 is 0 Å². The molecule has 26 heavy (non-hydrogen) atoms. The van der Waals surface area contributed by atoms with Crippen molar-refractivity contribution in [2.75, 3.05) is 0 Å². The third-order valence-electron chi connectivity index (χ3n) is 0. The van der Waals surface area contributed by atoms with E-state index in [2.05, 4.69) is 0 Å². The summed E-state index contributed by atoms with van der Waals surface area (Å²) in [6.45, 7) is 0. The standard InChI is InChI=1S/Mn.6HNO3.Th/c;6*2-1(3)4;/h;6*(H,2,3,4);. The molecular formula is H6MnN6O18Th. The maximum atomic E-state index is 8.36. The molecule has 0 aromatic rings. The molecule has 0 atom stereocenters. The minimum atomic E-state index is -1.50. The number of rotatable bonds is 0. The summed E-state index contributed by atoms with van der Waals surface area (Å²) in [4.78, 5) is 50.2. The number of nitrogens with zero attached hydrogens (tertiary/aromatic N) is 6. The van der Waals surface area contributed by atoms with Gasteiger partial charge in [0.05, 0.1) is 0 Å². The van der Waals surface area contributed by atoms with Gasteiger partial charge in [-0.25, -0.2) is 0 Å². The Hall–Kier alpha value is -2.96. The van der Waals surface area contributed by atoms with Crippen LogP contribution in [0.15, 0.2) is 0 Å². The third-order valence-corrected chi connectivity index (χ3v) is 0. The van der Waals surface area contributed by atoms with Crippen molar-refractivity contribution in [2.45, 2.75) is 0 Å². The molecule has 0 fully saturated rings. The Kier molecular flexibility index (Phi) is 82.1. The van der Waals surface area contributed by atoms with Crippen LogP contribution >= 0.6 is 0 Å². The van der Waals surface area contributed by atoms with Crippen LogP contribution in [0.1, 0.15) is 0 Å². The van der Waals surface area contributed by atoms with E-state index in [1.165, 1.54) is 0 Å². The van der Waals surface area contributed by atoms with Gasteiger partial charge < -0.3 is 31.2 Å². The van der Waals surface area contributed by atoms with Gasteiger partial charge in [0, 0.05) is 57.0 Å². The van der Waals surface area contributed by atoms with Gasteiger partial charge >= 0.3 is 0 Å². The molecule has 0 rings (SSSR count). The van der Waals surface area contributed by atoms with Gasteiger partial charge in [0.1, 0.15) is 0 Å². The largest absolute Gasteiger partial charge is 0.328 e. The fraction of sp³-hybridized carbons (Fsp3) is 0. The first-order chi connectivity index (χ1) is 10.4. The van der Waals surface area contributed by atoms with Crippen LogP contribution in [-0.4, -0.2) is 61.8 Å². The summed E-state index contributed by atoms with van der Waals surface area (Å²) < 4.78 is 0. The van der Waals surface area contributed by atoms with E-state index in [0.717, 1.165) is 0 Å². The Balaban J connectivity index is -0.0000000245. The van der Waals surface area contributed by atoms with Gasteiger partial charge in [-0.15, -0.1) is 60.7 Å². The Labute approximate surface area is 179 Å². The summed E-state index contributed by atoms with van der Waals surface area (Å²) in [5.41, 5.74) is 0. The summed E-state index contributed by atoms with van der Waals surface area (Å²) in [6, 6.07) is 0. The van der Waals surface area contributed by atoms with Gasteiger partial charge in [-0.05, 0) is 0 Å². The molecule has 0 saturated carbocycles. The molecule has 0 aromatic heterocycles. The van der Waals surface area contributed by atoms with Crippen molar-refractivity contribution in [3.8, 4) is 0 Å². The van der Waals surface area contributed by atoms with E-state index in [9.17, 15) is 0 Å². The molecule has 155 valence electrons. The molecule has 0 aliphatic carbocycles. The first-order valence-electron chi connectivity index (χ1n) is 3.39. The summed E-state index contributed by atoms with van der Waals surface area (Å²) in [6.07, 6.45) is 0. The molecule has 26 heteroatoms. The smallest absolute Gasteiger partial charge is 0.291 e. The quantitative estimate of drug-likeness (QED) is 0.0917. The maximum absolute atomic E-state index is 8.36. The minimum absolute atomic E-state index is 0. The predicted octanol–water partition coefficient (Wildman–Crippen LogP) is -2.09. The molecule has 0 heterocycles. The van der Waals surface area contributed by atoms with Gasteiger partial charge in [-0.3, -0.25) is 0 Å². The molecule has 0 aromatic carbocycles. The van der Waals surface area contributed by atoms with Crippen molar-refractivity contribution >= 4 is 0 Å². The van der Waals surface area contributed by atoms with Gasteiger partial charge in [0.25, 0.3) is 30.5 Å². The van der Waals surface area contributed by atoms with Gasteiger partial charge in [0.15, 0.2) is 0 Å². The van der Waals surface area contributed by atoms with E-state index in [1.54, 1.807) is 0 Å². The van der Waals surface area contributed by atoms with Crippen molar-refractivity contribution in [2.24, 2.45) is 0 Å². The average Bonchev–Trinajstić information content (AvgIpc) is 2.08. The van der Waals surface area contributed by atoms with Crippen molar-refractivity contribution in [1.29, 1.82) is 0 Å². The summed E-state index contributed by atoms with van der Waals surface area (Å²) in [5.74, 6) is 0. The zero-order valence-corrected chi connectivity index (χ0v) is 16.4.